The van der Waals surface area contributed by atoms with Crippen LogP contribution in [0.3, 0.4) is 0 Å². The van der Waals surface area contributed by atoms with Crippen molar-refractivity contribution in [2.45, 2.75) is 57.8 Å². The first-order valence-electron chi connectivity index (χ1n) is 14.9. The number of benzene rings is 3. The number of ether oxygens (including phenoxy) is 3. The van der Waals surface area contributed by atoms with Gasteiger partial charge in [-0.15, -0.1) is 0 Å². The highest BCUT2D eigenvalue weighted by Gasteiger charge is 2.45. The first-order chi connectivity index (χ1) is 20.4. The molecule has 3 aromatic rings. The van der Waals surface area contributed by atoms with Crippen molar-refractivity contribution in [1.82, 2.24) is 0 Å². The maximum absolute atomic E-state index is 7.28. The number of amidine groups is 2. The fraction of sp³-hybridized carbons (Fsp3) is 0.412. The normalized spacial score (nSPS) is 11.5. The fourth-order valence-electron chi connectivity index (χ4n) is 5.34. The lowest BCUT2D eigenvalue weighted by atomic mass is 10.1. The molecule has 0 atom stereocenters. The van der Waals surface area contributed by atoms with Crippen LogP contribution in [0.5, 0.6) is 17.2 Å². The van der Waals surface area contributed by atoms with Crippen LogP contribution in [-0.2, 0) is 0 Å². The minimum absolute atomic E-state index is 0. The lowest BCUT2D eigenvalue weighted by molar-refractivity contribution is -0.0000102. The lowest BCUT2D eigenvalue weighted by Gasteiger charge is -2.28. The molecule has 0 aromatic heterocycles. The molecule has 3 rings (SSSR count). The number of hydrogen-bond acceptors (Lipinski definition) is 5. The molecule has 7 nitrogen and oxygen atoms in total. The van der Waals surface area contributed by atoms with Gasteiger partial charge in [0.1, 0.15) is 46.3 Å². The van der Waals surface area contributed by atoms with Crippen LogP contribution in [0.1, 0.15) is 57.8 Å². The number of nitrogens with two attached hydrogens (primary N) is 2. The Bertz CT molecular complexity index is 1140. The van der Waals surface area contributed by atoms with Crippen molar-refractivity contribution in [2.24, 2.45) is 16.5 Å². The fourth-order valence-corrected chi connectivity index (χ4v) is 9.68. The van der Waals surface area contributed by atoms with Crippen molar-refractivity contribution in [2.75, 3.05) is 34.0 Å². The average Bonchev–Trinajstić information content (AvgIpc) is 3.02. The second-order valence-electron chi connectivity index (χ2n) is 10.5. The second-order valence-corrected chi connectivity index (χ2v) is 14.1. The van der Waals surface area contributed by atoms with Gasteiger partial charge in [-0.05, 0) is 92.1 Å². The summed E-state index contributed by atoms with van der Waals surface area (Å²) in [5, 5.41) is 11.3. The highest BCUT2D eigenvalue weighted by atomic mass is 79.9. The molecule has 0 amide bonds. The molecular formula is C34H48BrN4O3P. The molecule has 3 aromatic carbocycles. The molecule has 43 heavy (non-hydrogen) atoms. The summed E-state index contributed by atoms with van der Waals surface area (Å²) in [4.78, 5) is 4.31. The molecule has 0 spiro atoms. The van der Waals surface area contributed by atoms with Crippen LogP contribution in [0.2, 0.25) is 0 Å². The molecule has 0 aliphatic carbocycles. The maximum Gasteiger partial charge on any atom is 0.119 e. The van der Waals surface area contributed by atoms with Crippen LogP contribution in [0.25, 0.3) is 0 Å². The monoisotopic (exact) mass is 670 g/mol. The summed E-state index contributed by atoms with van der Waals surface area (Å²) < 4.78 is 16.5. The molecule has 0 radical (unpaired) electrons. The van der Waals surface area contributed by atoms with E-state index in [2.05, 4.69) is 77.8 Å². The number of nitrogens with zero attached hydrogens (tertiary/aromatic N) is 1. The second kappa shape index (κ2) is 19.2. The van der Waals surface area contributed by atoms with E-state index in [9.17, 15) is 0 Å². The van der Waals surface area contributed by atoms with E-state index in [-0.39, 0.29) is 29.2 Å². The Morgan fingerprint density at radius 3 is 1.30 bits per heavy atom. The number of rotatable bonds is 19. The minimum Gasteiger partial charge on any atom is -1.00 e. The van der Waals surface area contributed by atoms with Crippen LogP contribution in [-0.4, -0.2) is 45.7 Å². The standard InChI is InChI=1S/C34H48N4O3P.BrH/c1-39-27-12-18-30(19-13-27)42(31-20-14-28(40-2)15-21-31,32-22-16-29(41-3)17-23-32)25-11-9-7-5-4-6-8-10-24-38-34(37)26-33(35)36;/h12-23H,4-11,24-26H2,1-3H3,(H3,35,36)(H2,37,38);1H/q+1;/p-1. The SMILES string of the molecule is COc1ccc([P+](CCCCCCCCCCN=C(N)CC(=N)N)(c2ccc(OC)cc2)c2ccc(OC)cc2)cc1.[Br-]. The zero-order valence-corrected chi connectivity index (χ0v) is 28.3. The highest BCUT2D eigenvalue weighted by Crippen LogP contribution is 2.56. The van der Waals surface area contributed by atoms with E-state index in [1.807, 2.05) is 0 Å². The van der Waals surface area contributed by atoms with E-state index < -0.39 is 7.26 Å². The van der Waals surface area contributed by atoms with Crippen molar-refractivity contribution < 1.29 is 31.2 Å². The molecule has 0 aliphatic heterocycles. The molecule has 234 valence electrons. The Morgan fingerprint density at radius 1 is 0.605 bits per heavy atom. The molecule has 0 unspecified atom stereocenters. The Hall–Kier alpha value is -3.09. The first-order valence-corrected chi connectivity index (χ1v) is 16.8. The zero-order chi connectivity index (χ0) is 30.2. The zero-order valence-electron chi connectivity index (χ0n) is 25.9. The molecule has 9 heteroatoms. The van der Waals surface area contributed by atoms with Crippen LogP contribution in [0.15, 0.2) is 77.8 Å². The minimum atomic E-state index is -1.95. The van der Waals surface area contributed by atoms with Gasteiger partial charge in [-0.3, -0.25) is 10.4 Å². The number of methoxy groups -OCH3 is 3. The lowest BCUT2D eigenvalue weighted by Crippen LogP contribution is -3.00. The van der Waals surface area contributed by atoms with Crippen molar-refractivity contribution in [3.8, 4) is 17.2 Å². The Morgan fingerprint density at radius 2 is 0.953 bits per heavy atom. The quantitative estimate of drug-likeness (QED) is 0.0786. The number of halogens is 1. The van der Waals surface area contributed by atoms with E-state index in [4.69, 9.17) is 31.1 Å². The molecule has 5 N–H and O–H groups in total. The van der Waals surface area contributed by atoms with Gasteiger partial charge in [-0.1, -0.05) is 32.1 Å². The molecule has 0 aliphatic rings. The van der Waals surface area contributed by atoms with Crippen LogP contribution >= 0.6 is 7.26 Å². The topological polar surface area (TPSA) is 116 Å². The predicted molar refractivity (Wildman–Crippen MR) is 180 cm³/mol. The molecule has 0 saturated carbocycles. The van der Waals surface area contributed by atoms with Gasteiger partial charge < -0.3 is 42.7 Å². The Labute approximate surface area is 269 Å². The third-order valence-electron chi connectivity index (χ3n) is 7.63. The molecule has 0 heterocycles. The Balaban J connectivity index is 0.00000645. The van der Waals surface area contributed by atoms with E-state index in [0.29, 0.717) is 12.4 Å². The van der Waals surface area contributed by atoms with Crippen LogP contribution in [0, 0.1) is 5.41 Å². The summed E-state index contributed by atoms with van der Waals surface area (Å²) in [7, 11) is 3.19. The molecular weight excluding hydrogens is 623 g/mol. The summed E-state index contributed by atoms with van der Waals surface area (Å²) in [5.41, 5.74) is 11.1. The van der Waals surface area contributed by atoms with Crippen LogP contribution in [0.4, 0.5) is 0 Å². The summed E-state index contributed by atoms with van der Waals surface area (Å²) in [6, 6.07) is 26.0. The number of unbranched alkanes of at least 4 members (excludes halogenated alkanes) is 7. The van der Waals surface area contributed by atoms with Gasteiger partial charge in [-0.2, -0.15) is 0 Å². The van der Waals surface area contributed by atoms with E-state index in [1.54, 1.807) is 21.3 Å². The van der Waals surface area contributed by atoms with Gasteiger partial charge in [0.2, 0.25) is 0 Å². The third kappa shape index (κ3) is 10.8. The number of nitrogens with one attached hydrogen (secondary N) is 1. The van der Waals surface area contributed by atoms with Crippen molar-refractivity contribution in [3.05, 3.63) is 72.8 Å². The van der Waals surface area contributed by atoms with Gasteiger partial charge in [-0.25, -0.2) is 0 Å². The van der Waals surface area contributed by atoms with E-state index in [1.165, 1.54) is 48.0 Å². The van der Waals surface area contributed by atoms with E-state index >= 15 is 0 Å². The van der Waals surface area contributed by atoms with Crippen molar-refractivity contribution in [1.29, 1.82) is 5.41 Å². The number of aliphatic imine (C=N–C) groups is 1. The summed E-state index contributed by atoms with van der Waals surface area (Å²) in [6.07, 6.45) is 10.8. The molecule has 0 fully saturated rings. The van der Waals surface area contributed by atoms with Gasteiger partial charge in [0, 0.05) is 6.54 Å². The Kier molecular flexibility index (Phi) is 16.2. The summed E-state index contributed by atoms with van der Waals surface area (Å²) >= 11 is 0. The molecule has 0 saturated heterocycles. The summed E-state index contributed by atoms with van der Waals surface area (Å²) in [6.45, 7) is 0.715. The van der Waals surface area contributed by atoms with Crippen molar-refractivity contribution in [3.63, 3.8) is 0 Å². The largest absolute Gasteiger partial charge is 1.00 e. The molecule has 0 bridgehead atoms. The summed E-state index contributed by atoms with van der Waals surface area (Å²) in [5.74, 6) is 3.13. The van der Waals surface area contributed by atoms with Gasteiger partial charge in [0.25, 0.3) is 0 Å². The van der Waals surface area contributed by atoms with E-state index in [0.717, 1.165) is 42.7 Å². The smallest absolute Gasteiger partial charge is 0.119 e. The third-order valence-corrected chi connectivity index (χ3v) is 12.2. The highest BCUT2D eigenvalue weighted by molar-refractivity contribution is 7.95. The van der Waals surface area contributed by atoms with Gasteiger partial charge in [0.15, 0.2) is 0 Å². The number of hydrogen-bond donors (Lipinski definition) is 3. The van der Waals surface area contributed by atoms with Gasteiger partial charge >= 0.3 is 0 Å². The van der Waals surface area contributed by atoms with Gasteiger partial charge in [0.05, 0.1) is 39.7 Å². The van der Waals surface area contributed by atoms with Crippen molar-refractivity contribution >= 4 is 34.8 Å². The van der Waals surface area contributed by atoms with Crippen LogP contribution < -0.4 is 58.6 Å². The first kappa shape index (κ1) is 36.1. The average molecular weight is 672 g/mol. The predicted octanol–water partition coefficient (Wildman–Crippen LogP) is 2.81. The maximum atomic E-state index is 7.28.